The van der Waals surface area contributed by atoms with Crippen LogP contribution in [0.25, 0.3) is 0 Å². The highest BCUT2D eigenvalue weighted by molar-refractivity contribution is 7.99. The third-order valence-electron chi connectivity index (χ3n) is 1.95. The second kappa shape index (κ2) is 6.72. The lowest BCUT2D eigenvalue weighted by Gasteiger charge is -2.20. The average molecular weight is 203 g/mol. The van der Waals surface area contributed by atoms with Crippen molar-refractivity contribution in [2.24, 2.45) is 11.1 Å². The molecule has 2 heteroatoms. The van der Waals surface area contributed by atoms with Crippen molar-refractivity contribution in [1.29, 1.82) is 0 Å². The lowest BCUT2D eigenvalue weighted by Crippen LogP contribution is -2.25. The standard InChI is InChI=1S/C11H25NS/c1-5-8-13-9-10(12)6-7-11(2,3)4/h10H,5-9,12H2,1-4H3. The molecule has 1 nitrogen and oxygen atoms in total. The van der Waals surface area contributed by atoms with Gasteiger partial charge in [-0.15, -0.1) is 0 Å². The van der Waals surface area contributed by atoms with Crippen molar-refractivity contribution in [1.82, 2.24) is 0 Å². The van der Waals surface area contributed by atoms with Crippen molar-refractivity contribution in [2.75, 3.05) is 11.5 Å². The van der Waals surface area contributed by atoms with Gasteiger partial charge in [-0.1, -0.05) is 27.7 Å². The van der Waals surface area contributed by atoms with E-state index < -0.39 is 0 Å². The van der Waals surface area contributed by atoms with Crippen LogP contribution in [0.3, 0.4) is 0 Å². The molecule has 13 heavy (non-hydrogen) atoms. The summed E-state index contributed by atoms with van der Waals surface area (Å²) >= 11 is 1.99. The topological polar surface area (TPSA) is 26.0 Å². The first-order valence-electron chi connectivity index (χ1n) is 5.29. The minimum atomic E-state index is 0.399. The third kappa shape index (κ3) is 10.2. The Kier molecular flexibility index (Phi) is 6.88. The molecule has 0 aromatic heterocycles. The second-order valence-electron chi connectivity index (χ2n) is 4.93. The molecule has 1 atom stereocenters. The van der Waals surface area contributed by atoms with Gasteiger partial charge in [-0.25, -0.2) is 0 Å². The number of hydrogen-bond acceptors (Lipinski definition) is 2. The van der Waals surface area contributed by atoms with Crippen molar-refractivity contribution in [3.63, 3.8) is 0 Å². The van der Waals surface area contributed by atoms with E-state index in [4.69, 9.17) is 5.73 Å². The van der Waals surface area contributed by atoms with Gasteiger partial charge in [0.1, 0.15) is 0 Å². The Hall–Kier alpha value is 0.310. The van der Waals surface area contributed by atoms with Crippen LogP contribution in [0.15, 0.2) is 0 Å². The zero-order valence-electron chi connectivity index (χ0n) is 9.60. The van der Waals surface area contributed by atoms with Gasteiger partial charge in [0, 0.05) is 11.8 Å². The van der Waals surface area contributed by atoms with E-state index >= 15 is 0 Å². The molecule has 0 bridgehead atoms. The summed E-state index contributed by atoms with van der Waals surface area (Å²) in [7, 11) is 0. The highest BCUT2D eigenvalue weighted by Gasteiger charge is 2.12. The van der Waals surface area contributed by atoms with E-state index in [1.807, 2.05) is 11.8 Å². The largest absolute Gasteiger partial charge is 0.327 e. The van der Waals surface area contributed by atoms with Crippen LogP contribution in [0.2, 0.25) is 0 Å². The van der Waals surface area contributed by atoms with Gasteiger partial charge >= 0.3 is 0 Å². The Morgan fingerprint density at radius 2 is 1.92 bits per heavy atom. The SMILES string of the molecule is CCCSCC(N)CCC(C)(C)C. The number of rotatable bonds is 6. The molecular weight excluding hydrogens is 178 g/mol. The number of nitrogens with two attached hydrogens (primary N) is 1. The maximum Gasteiger partial charge on any atom is 0.0130 e. The molecule has 0 fully saturated rings. The monoisotopic (exact) mass is 203 g/mol. The Balaban J connectivity index is 3.35. The fourth-order valence-corrected chi connectivity index (χ4v) is 2.01. The van der Waals surface area contributed by atoms with Crippen LogP contribution in [-0.4, -0.2) is 17.5 Å². The molecule has 0 saturated carbocycles. The summed E-state index contributed by atoms with van der Waals surface area (Å²) in [6, 6.07) is 0.399. The molecule has 1 unspecified atom stereocenters. The van der Waals surface area contributed by atoms with Crippen LogP contribution in [0.1, 0.15) is 47.0 Å². The molecule has 0 amide bonds. The van der Waals surface area contributed by atoms with Crippen LogP contribution in [0, 0.1) is 5.41 Å². The van der Waals surface area contributed by atoms with Gasteiger partial charge in [0.2, 0.25) is 0 Å². The van der Waals surface area contributed by atoms with E-state index in [2.05, 4.69) is 27.7 Å². The molecule has 2 N–H and O–H groups in total. The molecular formula is C11H25NS. The summed E-state index contributed by atoms with van der Waals surface area (Å²) in [5.41, 5.74) is 6.44. The van der Waals surface area contributed by atoms with Crippen LogP contribution in [0.4, 0.5) is 0 Å². The zero-order valence-corrected chi connectivity index (χ0v) is 10.4. The van der Waals surface area contributed by atoms with Gasteiger partial charge in [-0.3, -0.25) is 0 Å². The van der Waals surface area contributed by atoms with Crippen LogP contribution < -0.4 is 5.73 Å². The molecule has 0 heterocycles. The van der Waals surface area contributed by atoms with Crippen LogP contribution >= 0.6 is 11.8 Å². The van der Waals surface area contributed by atoms with Gasteiger partial charge < -0.3 is 5.73 Å². The molecule has 0 aliphatic rings. The molecule has 0 aliphatic heterocycles. The zero-order chi connectivity index (χ0) is 10.3. The predicted molar refractivity (Wildman–Crippen MR) is 64.3 cm³/mol. The van der Waals surface area contributed by atoms with Gasteiger partial charge in [0.25, 0.3) is 0 Å². The van der Waals surface area contributed by atoms with Gasteiger partial charge in [0.05, 0.1) is 0 Å². The fourth-order valence-electron chi connectivity index (χ4n) is 1.08. The summed E-state index contributed by atoms with van der Waals surface area (Å²) < 4.78 is 0. The summed E-state index contributed by atoms with van der Waals surface area (Å²) in [6.45, 7) is 9.05. The van der Waals surface area contributed by atoms with E-state index in [-0.39, 0.29) is 0 Å². The minimum Gasteiger partial charge on any atom is -0.327 e. The molecule has 0 aromatic carbocycles. The van der Waals surface area contributed by atoms with E-state index in [9.17, 15) is 0 Å². The van der Waals surface area contributed by atoms with Crippen molar-refractivity contribution >= 4 is 11.8 Å². The first-order valence-corrected chi connectivity index (χ1v) is 6.44. The molecule has 0 rings (SSSR count). The third-order valence-corrected chi connectivity index (χ3v) is 3.31. The summed E-state index contributed by atoms with van der Waals surface area (Å²) in [4.78, 5) is 0. The smallest absolute Gasteiger partial charge is 0.0130 e. The summed E-state index contributed by atoms with van der Waals surface area (Å²) in [5.74, 6) is 2.38. The number of hydrogen-bond donors (Lipinski definition) is 1. The van der Waals surface area contributed by atoms with Crippen molar-refractivity contribution in [3.8, 4) is 0 Å². The van der Waals surface area contributed by atoms with Gasteiger partial charge in [0.15, 0.2) is 0 Å². The Morgan fingerprint density at radius 1 is 1.31 bits per heavy atom. The molecule has 0 saturated heterocycles. The first-order chi connectivity index (χ1) is 5.95. The van der Waals surface area contributed by atoms with E-state index in [0.717, 1.165) is 5.75 Å². The van der Waals surface area contributed by atoms with Crippen molar-refractivity contribution < 1.29 is 0 Å². The highest BCUT2D eigenvalue weighted by atomic mass is 32.2. The van der Waals surface area contributed by atoms with E-state index in [1.165, 1.54) is 25.0 Å². The highest BCUT2D eigenvalue weighted by Crippen LogP contribution is 2.21. The Morgan fingerprint density at radius 3 is 2.38 bits per heavy atom. The molecule has 0 radical (unpaired) electrons. The van der Waals surface area contributed by atoms with E-state index in [1.54, 1.807) is 0 Å². The summed E-state index contributed by atoms with van der Waals surface area (Å²) in [5, 5.41) is 0. The summed E-state index contributed by atoms with van der Waals surface area (Å²) in [6.07, 6.45) is 3.66. The quantitative estimate of drug-likeness (QED) is 0.670. The van der Waals surface area contributed by atoms with Crippen molar-refractivity contribution in [2.45, 2.75) is 53.0 Å². The van der Waals surface area contributed by atoms with Gasteiger partial charge in [-0.2, -0.15) is 11.8 Å². The lowest BCUT2D eigenvalue weighted by atomic mass is 9.89. The lowest BCUT2D eigenvalue weighted by molar-refractivity contribution is 0.353. The normalized spacial score (nSPS) is 14.5. The molecule has 0 aliphatic carbocycles. The van der Waals surface area contributed by atoms with Gasteiger partial charge in [-0.05, 0) is 30.4 Å². The molecule has 0 aromatic rings. The van der Waals surface area contributed by atoms with E-state index in [0.29, 0.717) is 11.5 Å². The Labute approximate surface area is 87.9 Å². The first kappa shape index (κ1) is 13.3. The average Bonchev–Trinajstić information content (AvgIpc) is 2.00. The molecule has 80 valence electrons. The number of thioether (sulfide) groups is 1. The maximum absolute atomic E-state index is 6.00. The Bertz CT molecular complexity index is 118. The van der Waals surface area contributed by atoms with Crippen LogP contribution in [-0.2, 0) is 0 Å². The second-order valence-corrected chi connectivity index (χ2v) is 6.08. The molecule has 0 spiro atoms. The minimum absolute atomic E-state index is 0.399. The fraction of sp³-hybridized carbons (Fsp3) is 1.00. The van der Waals surface area contributed by atoms with Crippen LogP contribution in [0.5, 0.6) is 0 Å². The maximum atomic E-state index is 6.00. The van der Waals surface area contributed by atoms with Crippen molar-refractivity contribution in [3.05, 3.63) is 0 Å². The predicted octanol–water partition coefficient (Wildman–Crippen LogP) is 3.28.